The van der Waals surface area contributed by atoms with Gasteiger partial charge in [-0.15, -0.1) is 0 Å². The molecule has 1 saturated heterocycles. The number of alkyl halides is 1. The molecule has 15 heavy (non-hydrogen) atoms. The van der Waals surface area contributed by atoms with Crippen molar-refractivity contribution in [3.05, 3.63) is 0 Å². The topological polar surface area (TPSA) is 20.3 Å². The fourth-order valence-electron chi connectivity index (χ4n) is 2.36. The number of amides is 1. The molecule has 3 unspecified atom stereocenters. The average Bonchev–Trinajstić information content (AvgIpc) is 2.58. The van der Waals surface area contributed by atoms with Crippen molar-refractivity contribution < 1.29 is 4.79 Å². The number of rotatable bonds is 4. The first-order chi connectivity index (χ1) is 7.11. The highest BCUT2D eigenvalue weighted by Gasteiger charge is 2.34. The van der Waals surface area contributed by atoms with Gasteiger partial charge in [-0.1, -0.05) is 43.1 Å². The monoisotopic (exact) mass is 275 g/mol. The normalized spacial score (nSPS) is 28.1. The van der Waals surface area contributed by atoms with E-state index in [1.165, 1.54) is 0 Å². The van der Waals surface area contributed by atoms with Gasteiger partial charge in [0.05, 0.1) is 0 Å². The zero-order chi connectivity index (χ0) is 11.4. The number of carbonyl (C=O) groups is 1. The molecule has 0 aromatic heterocycles. The molecule has 1 rings (SSSR count). The summed E-state index contributed by atoms with van der Waals surface area (Å²) in [5, 5.41) is 0.915. The third-order valence-electron chi connectivity index (χ3n) is 3.47. The molecule has 0 aliphatic carbocycles. The van der Waals surface area contributed by atoms with E-state index in [1.807, 2.05) is 0 Å². The molecule has 1 amide bonds. The van der Waals surface area contributed by atoms with Crippen LogP contribution < -0.4 is 0 Å². The number of nitrogens with zero attached hydrogens (tertiary/aromatic N) is 1. The van der Waals surface area contributed by atoms with Gasteiger partial charge in [0.15, 0.2) is 0 Å². The Bertz CT molecular complexity index is 220. The maximum Gasteiger partial charge on any atom is 0.225 e. The third kappa shape index (κ3) is 2.96. The first-order valence-electron chi connectivity index (χ1n) is 5.98. The van der Waals surface area contributed by atoms with E-state index in [1.54, 1.807) is 0 Å². The molecule has 0 aromatic carbocycles. The fraction of sp³-hybridized carbons (Fsp3) is 0.917. The smallest absolute Gasteiger partial charge is 0.225 e. The molecule has 0 radical (unpaired) electrons. The van der Waals surface area contributed by atoms with Gasteiger partial charge < -0.3 is 4.90 Å². The van der Waals surface area contributed by atoms with E-state index in [9.17, 15) is 4.79 Å². The van der Waals surface area contributed by atoms with Crippen molar-refractivity contribution in [1.29, 1.82) is 0 Å². The summed E-state index contributed by atoms with van der Waals surface area (Å²) in [6.45, 7) is 7.38. The predicted molar refractivity (Wildman–Crippen MR) is 67.1 cm³/mol. The SMILES string of the molecule is CCCC(C)C(=O)N1CCC(C)C1CBr. The highest BCUT2D eigenvalue weighted by molar-refractivity contribution is 9.09. The quantitative estimate of drug-likeness (QED) is 0.723. The molecule has 2 nitrogen and oxygen atoms in total. The van der Waals surface area contributed by atoms with E-state index in [4.69, 9.17) is 0 Å². The van der Waals surface area contributed by atoms with Gasteiger partial charge in [-0.05, 0) is 18.8 Å². The van der Waals surface area contributed by atoms with Gasteiger partial charge in [0, 0.05) is 23.8 Å². The largest absolute Gasteiger partial charge is 0.338 e. The lowest BCUT2D eigenvalue weighted by Crippen LogP contribution is -2.41. The van der Waals surface area contributed by atoms with Crippen molar-refractivity contribution in [1.82, 2.24) is 4.90 Å². The molecule has 1 fully saturated rings. The van der Waals surface area contributed by atoms with Gasteiger partial charge in [0.1, 0.15) is 0 Å². The van der Waals surface area contributed by atoms with Gasteiger partial charge in [0.2, 0.25) is 5.91 Å². The molecule has 0 aromatic rings. The molecular formula is C12H22BrNO. The maximum absolute atomic E-state index is 12.2. The summed E-state index contributed by atoms with van der Waals surface area (Å²) < 4.78 is 0. The number of likely N-dealkylation sites (tertiary alicyclic amines) is 1. The average molecular weight is 276 g/mol. The number of carbonyl (C=O) groups excluding carboxylic acids is 1. The number of halogens is 1. The van der Waals surface area contributed by atoms with Crippen molar-refractivity contribution in [2.75, 3.05) is 11.9 Å². The zero-order valence-corrected chi connectivity index (χ0v) is 11.6. The van der Waals surface area contributed by atoms with E-state index >= 15 is 0 Å². The molecular weight excluding hydrogens is 254 g/mol. The van der Waals surface area contributed by atoms with Crippen molar-refractivity contribution in [3.63, 3.8) is 0 Å². The lowest BCUT2D eigenvalue weighted by Gasteiger charge is -2.28. The minimum absolute atomic E-state index is 0.196. The molecule has 0 N–H and O–H groups in total. The molecule has 1 aliphatic rings. The molecule has 0 bridgehead atoms. The van der Waals surface area contributed by atoms with E-state index in [0.29, 0.717) is 17.9 Å². The summed E-state index contributed by atoms with van der Waals surface area (Å²) in [5.41, 5.74) is 0. The minimum Gasteiger partial charge on any atom is -0.338 e. The summed E-state index contributed by atoms with van der Waals surface area (Å²) in [6.07, 6.45) is 3.26. The molecule has 0 spiro atoms. The van der Waals surface area contributed by atoms with Crippen molar-refractivity contribution in [2.45, 2.75) is 46.1 Å². The Kier molecular flexibility index (Phi) is 5.10. The van der Waals surface area contributed by atoms with Gasteiger partial charge >= 0.3 is 0 Å². The molecule has 1 aliphatic heterocycles. The second-order valence-electron chi connectivity index (χ2n) is 4.71. The van der Waals surface area contributed by atoms with Crippen LogP contribution in [0.5, 0.6) is 0 Å². The third-order valence-corrected chi connectivity index (χ3v) is 4.13. The summed E-state index contributed by atoms with van der Waals surface area (Å²) in [6, 6.07) is 0.414. The van der Waals surface area contributed by atoms with Crippen LogP contribution in [-0.4, -0.2) is 28.7 Å². The van der Waals surface area contributed by atoms with Crippen LogP contribution in [-0.2, 0) is 4.79 Å². The Labute approximate surface area is 102 Å². The number of hydrogen-bond donors (Lipinski definition) is 0. The van der Waals surface area contributed by atoms with Crippen LogP contribution in [0.3, 0.4) is 0 Å². The Balaban J connectivity index is 2.59. The molecule has 0 saturated carbocycles. The summed E-state index contributed by atoms with van der Waals surface area (Å²) in [4.78, 5) is 14.2. The second kappa shape index (κ2) is 5.88. The molecule has 1 heterocycles. The van der Waals surface area contributed by atoms with Crippen molar-refractivity contribution >= 4 is 21.8 Å². The predicted octanol–water partition coefficient (Wildman–Crippen LogP) is 3.05. The van der Waals surface area contributed by atoms with Gasteiger partial charge in [-0.3, -0.25) is 4.79 Å². The van der Waals surface area contributed by atoms with Crippen LogP contribution in [0.2, 0.25) is 0 Å². The van der Waals surface area contributed by atoms with Crippen LogP contribution in [0, 0.1) is 11.8 Å². The maximum atomic E-state index is 12.2. The van der Waals surface area contributed by atoms with E-state index in [-0.39, 0.29) is 5.92 Å². The van der Waals surface area contributed by atoms with E-state index < -0.39 is 0 Å². The zero-order valence-electron chi connectivity index (χ0n) is 10.0. The Morgan fingerprint density at radius 2 is 2.27 bits per heavy atom. The first kappa shape index (κ1) is 13.0. The van der Waals surface area contributed by atoms with Crippen LogP contribution in [0.15, 0.2) is 0 Å². The van der Waals surface area contributed by atoms with Crippen molar-refractivity contribution in [2.24, 2.45) is 11.8 Å². The highest BCUT2D eigenvalue weighted by atomic mass is 79.9. The minimum atomic E-state index is 0.196. The highest BCUT2D eigenvalue weighted by Crippen LogP contribution is 2.27. The van der Waals surface area contributed by atoms with Crippen LogP contribution >= 0.6 is 15.9 Å². The Morgan fingerprint density at radius 1 is 1.60 bits per heavy atom. The van der Waals surface area contributed by atoms with Crippen LogP contribution in [0.4, 0.5) is 0 Å². The molecule has 3 atom stereocenters. The lowest BCUT2D eigenvalue weighted by atomic mass is 10.0. The molecule has 3 heteroatoms. The van der Waals surface area contributed by atoms with Crippen molar-refractivity contribution in [3.8, 4) is 0 Å². The Morgan fingerprint density at radius 3 is 2.80 bits per heavy atom. The summed E-state index contributed by atoms with van der Waals surface area (Å²) in [7, 11) is 0. The summed E-state index contributed by atoms with van der Waals surface area (Å²) >= 11 is 3.52. The van der Waals surface area contributed by atoms with Gasteiger partial charge in [0.25, 0.3) is 0 Å². The van der Waals surface area contributed by atoms with Crippen LogP contribution in [0.1, 0.15) is 40.0 Å². The van der Waals surface area contributed by atoms with E-state index in [0.717, 1.165) is 31.1 Å². The summed E-state index contributed by atoms with van der Waals surface area (Å²) in [5.74, 6) is 1.19. The van der Waals surface area contributed by atoms with Gasteiger partial charge in [-0.2, -0.15) is 0 Å². The van der Waals surface area contributed by atoms with Crippen LogP contribution in [0.25, 0.3) is 0 Å². The fourth-order valence-corrected chi connectivity index (χ4v) is 3.34. The number of hydrogen-bond acceptors (Lipinski definition) is 1. The first-order valence-corrected chi connectivity index (χ1v) is 7.10. The van der Waals surface area contributed by atoms with E-state index in [2.05, 4.69) is 41.6 Å². The second-order valence-corrected chi connectivity index (χ2v) is 5.36. The Hall–Kier alpha value is -0.0500. The van der Waals surface area contributed by atoms with Gasteiger partial charge in [-0.25, -0.2) is 0 Å². The molecule has 88 valence electrons. The lowest BCUT2D eigenvalue weighted by molar-refractivity contribution is -0.135. The standard InChI is InChI=1S/C12H22BrNO/c1-4-5-10(3)12(15)14-7-6-9(2)11(14)8-13/h9-11H,4-8H2,1-3H3.